The van der Waals surface area contributed by atoms with Crippen LogP contribution >= 0.6 is 12.4 Å². The molecule has 2 rings (SSSR count). The summed E-state index contributed by atoms with van der Waals surface area (Å²) >= 11 is 0. The van der Waals surface area contributed by atoms with Crippen molar-refractivity contribution in [3.05, 3.63) is 29.8 Å². The summed E-state index contributed by atoms with van der Waals surface area (Å²) in [5, 5.41) is 0. The van der Waals surface area contributed by atoms with Crippen molar-refractivity contribution >= 4 is 22.4 Å². The van der Waals surface area contributed by atoms with Gasteiger partial charge in [-0.1, -0.05) is 13.0 Å². The van der Waals surface area contributed by atoms with E-state index in [2.05, 4.69) is 0 Å². The first-order valence-electron chi connectivity index (χ1n) is 5.94. The van der Waals surface area contributed by atoms with E-state index < -0.39 is 26.6 Å². The predicted octanol–water partition coefficient (Wildman–Crippen LogP) is 1.75. The normalized spacial score (nSPS) is 23.6. The Morgan fingerprint density at radius 3 is 2.60 bits per heavy atom. The molecule has 1 heterocycles. The Hall–Kier alpha value is -0.760. The van der Waals surface area contributed by atoms with Crippen molar-refractivity contribution in [1.82, 2.24) is 4.31 Å². The zero-order valence-electron chi connectivity index (χ0n) is 11.0. The minimum absolute atomic E-state index is 0. The highest BCUT2D eigenvalue weighted by molar-refractivity contribution is 7.89. The van der Waals surface area contributed by atoms with E-state index in [9.17, 15) is 17.2 Å². The summed E-state index contributed by atoms with van der Waals surface area (Å²) in [6.45, 7) is 2.73. The SMILES string of the molecule is CC1(CN)CCN(S(=O)(=O)c2cccc(F)c2F)C1.Cl. The Labute approximate surface area is 123 Å². The number of hydrogen-bond donors (Lipinski definition) is 1. The lowest BCUT2D eigenvalue weighted by Crippen LogP contribution is -2.34. The topological polar surface area (TPSA) is 63.4 Å². The lowest BCUT2D eigenvalue weighted by molar-refractivity contribution is 0.348. The van der Waals surface area contributed by atoms with E-state index in [1.165, 1.54) is 6.07 Å². The number of nitrogens with zero attached hydrogens (tertiary/aromatic N) is 1. The summed E-state index contributed by atoms with van der Waals surface area (Å²) in [6.07, 6.45) is 0.611. The van der Waals surface area contributed by atoms with Crippen LogP contribution in [0.3, 0.4) is 0 Å². The third kappa shape index (κ3) is 2.95. The van der Waals surface area contributed by atoms with Gasteiger partial charge in [-0.2, -0.15) is 4.31 Å². The highest BCUT2D eigenvalue weighted by Crippen LogP contribution is 2.33. The van der Waals surface area contributed by atoms with Crippen LogP contribution in [0.25, 0.3) is 0 Å². The lowest BCUT2D eigenvalue weighted by Gasteiger charge is -2.22. The molecular weight excluding hydrogens is 310 g/mol. The van der Waals surface area contributed by atoms with Gasteiger partial charge in [0.05, 0.1) is 0 Å². The van der Waals surface area contributed by atoms with Gasteiger partial charge >= 0.3 is 0 Å². The van der Waals surface area contributed by atoms with Crippen LogP contribution in [0.5, 0.6) is 0 Å². The highest BCUT2D eigenvalue weighted by atomic mass is 35.5. The van der Waals surface area contributed by atoms with E-state index in [-0.39, 0.29) is 30.9 Å². The molecule has 20 heavy (non-hydrogen) atoms. The molecule has 0 aromatic heterocycles. The van der Waals surface area contributed by atoms with Crippen LogP contribution in [0.4, 0.5) is 8.78 Å². The molecule has 114 valence electrons. The van der Waals surface area contributed by atoms with Crippen molar-refractivity contribution in [1.29, 1.82) is 0 Å². The fraction of sp³-hybridized carbons (Fsp3) is 0.500. The minimum atomic E-state index is -4.01. The number of nitrogens with two attached hydrogens (primary N) is 1. The molecule has 0 spiro atoms. The van der Waals surface area contributed by atoms with Crippen molar-refractivity contribution in [2.24, 2.45) is 11.1 Å². The molecule has 1 atom stereocenters. The Kier molecular flexibility index (Phi) is 5.13. The summed E-state index contributed by atoms with van der Waals surface area (Å²) in [6, 6.07) is 3.15. The van der Waals surface area contributed by atoms with E-state index in [1.807, 2.05) is 6.92 Å². The fourth-order valence-corrected chi connectivity index (χ4v) is 3.84. The van der Waals surface area contributed by atoms with E-state index in [4.69, 9.17) is 5.73 Å². The first-order valence-corrected chi connectivity index (χ1v) is 7.38. The van der Waals surface area contributed by atoms with Crippen molar-refractivity contribution < 1.29 is 17.2 Å². The zero-order valence-corrected chi connectivity index (χ0v) is 12.6. The van der Waals surface area contributed by atoms with Gasteiger partial charge < -0.3 is 5.73 Å². The minimum Gasteiger partial charge on any atom is -0.330 e. The van der Waals surface area contributed by atoms with Gasteiger partial charge in [0.25, 0.3) is 0 Å². The van der Waals surface area contributed by atoms with E-state index >= 15 is 0 Å². The van der Waals surface area contributed by atoms with Crippen LogP contribution in [0, 0.1) is 17.0 Å². The Bertz CT molecular complexity index is 597. The molecule has 1 aliphatic heterocycles. The third-order valence-electron chi connectivity index (χ3n) is 3.55. The molecule has 0 aliphatic carbocycles. The van der Waals surface area contributed by atoms with Gasteiger partial charge in [0, 0.05) is 13.1 Å². The molecule has 0 bridgehead atoms. The first kappa shape index (κ1) is 17.3. The Balaban J connectivity index is 0.00000200. The number of hydrogen-bond acceptors (Lipinski definition) is 3. The van der Waals surface area contributed by atoms with Crippen LogP contribution in [-0.4, -0.2) is 32.4 Å². The van der Waals surface area contributed by atoms with Crippen molar-refractivity contribution in [3.63, 3.8) is 0 Å². The number of sulfonamides is 1. The molecule has 0 saturated carbocycles. The second kappa shape index (κ2) is 5.93. The molecule has 1 aliphatic rings. The molecule has 1 saturated heterocycles. The molecule has 1 unspecified atom stereocenters. The Morgan fingerprint density at radius 2 is 2.05 bits per heavy atom. The summed E-state index contributed by atoms with van der Waals surface area (Å²) in [4.78, 5) is -0.617. The first-order chi connectivity index (χ1) is 8.80. The molecule has 8 heteroatoms. The van der Waals surface area contributed by atoms with Gasteiger partial charge in [-0.15, -0.1) is 12.4 Å². The summed E-state index contributed by atoms with van der Waals surface area (Å²) in [5.74, 6) is -2.49. The van der Waals surface area contributed by atoms with E-state index in [1.54, 1.807) is 0 Å². The molecule has 2 N–H and O–H groups in total. The second-order valence-electron chi connectivity index (χ2n) is 5.16. The Morgan fingerprint density at radius 1 is 1.40 bits per heavy atom. The molecule has 4 nitrogen and oxygen atoms in total. The van der Waals surface area contributed by atoms with Crippen LogP contribution in [0.1, 0.15) is 13.3 Å². The fourth-order valence-electron chi connectivity index (χ4n) is 2.17. The number of rotatable bonds is 3. The second-order valence-corrected chi connectivity index (χ2v) is 7.06. The average Bonchev–Trinajstić information content (AvgIpc) is 2.77. The van der Waals surface area contributed by atoms with Crippen LogP contribution in [-0.2, 0) is 10.0 Å². The predicted molar refractivity (Wildman–Crippen MR) is 74.1 cm³/mol. The van der Waals surface area contributed by atoms with E-state index in [0.717, 1.165) is 16.4 Å². The molecule has 1 fully saturated rings. The maximum absolute atomic E-state index is 13.6. The summed E-state index contributed by atoms with van der Waals surface area (Å²) < 4.78 is 52.5. The third-order valence-corrected chi connectivity index (χ3v) is 5.41. The van der Waals surface area contributed by atoms with E-state index in [0.29, 0.717) is 13.0 Å². The van der Waals surface area contributed by atoms with Crippen LogP contribution in [0.15, 0.2) is 23.1 Å². The maximum Gasteiger partial charge on any atom is 0.246 e. The van der Waals surface area contributed by atoms with Gasteiger partial charge in [-0.3, -0.25) is 0 Å². The molecule has 0 radical (unpaired) electrons. The smallest absolute Gasteiger partial charge is 0.246 e. The molecule has 1 aromatic carbocycles. The average molecular weight is 327 g/mol. The maximum atomic E-state index is 13.6. The van der Waals surface area contributed by atoms with Gasteiger partial charge in [-0.25, -0.2) is 17.2 Å². The lowest BCUT2D eigenvalue weighted by atomic mass is 9.90. The van der Waals surface area contributed by atoms with Gasteiger partial charge in [0.1, 0.15) is 4.90 Å². The number of halogens is 3. The van der Waals surface area contributed by atoms with Crippen molar-refractivity contribution in [2.45, 2.75) is 18.2 Å². The highest BCUT2D eigenvalue weighted by Gasteiger charge is 2.40. The molecule has 0 amide bonds. The zero-order chi connectivity index (χ0) is 14.3. The standard InChI is InChI=1S/C12H16F2N2O2S.ClH/c1-12(7-15)5-6-16(8-12)19(17,18)10-4-2-3-9(13)11(10)14;/h2-4H,5-8,15H2,1H3;1H. The van der Waals surface area contributed by atoms with Gasteiger partial charge in [0.2, 0.25) is 10.0 Å². The molecule has 1 aromatic rings. The largest absolute Gasteiger partial charge is 0.330 e. The quantitative estimate of drug-likeness (QED) is 0.920. The van der Waals surface area contributed by atoms with Gasteiger partial charge in [-0.05, 0) is 30.5 Å². The monoisotopic (exact) mass is 326 g/mol. The molecular formula is C12H17ClF2N2O2S. The summed E-state index contributed by atoms with van der Waals surface area (Å²) in [7, 11) is -4.01. The summed E-state index contributed by atoms with van der Waals surface area (Å²) in [5.41, 5.74) is 5.30. The number of benzene rings is 1. The van der Waals surface area contributed by atoms with Crippen LogP contribution in [0.2, 0.25) is 0 Å². The van der Waals surface area contributed by atoms with Crippen LogP contribution < -0.4 is 5.73 Å². The van der Waals surface area contributed by atoms with Crippen molar-refractivity contribution in [3.8, 4) is 0 Å². The van der Waals surface area contributed by atoms with Gasteiger partial charge in [0.15, 0.2) is 11.6 Å². The van der Waals surface area contributed by atoms with Crippen molar-refractivity contribution in [2.75, 3.05) is 19.6 Å².